The molecular formula is C18H19ClN2O2. The third-order valence-electron chi connectivity index (χ3n) is 4.74. The number of rotatable bonds is 1. The Morgan fingerprint density at radius 2 is 2.00 bits per heavy atom. The van der Waals surface area contributed by atoms with Gasteiger partial charge in [0.1, 0.15) is 18.0 Å². The largest absolute Gasteiger partial charge is 0.474 e. The van der Waals surface area contributed by atoms with E-state index in [1.54, 1.807) is 12.1 Å². The van der Waals surface area contributed by atoms with E-state index in [0.717, 1.165) is 12.0 Å². The van der Waals surface area contributed by atoms with Gasteiger partial charge in [0.05, 0.1) is 11.5 Å². The highest BCUT2D eigenvalue weighted by molar-refractivity contribution is 6.30. The number of ether oxygens (including phenoxy) is 1. The van der Waals surface area contributed by atoms with Crippen LogP contribution < -0.4 is 5.73 Å². The highest BCUT2D eigenvalue weighted by atomic mass is 35.5. The van der Waals surface area contributed by atoms with Gasteiger partial charge in [0.15, 0.2) is 5.88 Å². The maximum atomic E-state index is 12.8. The molecule has 2 N–H and O–H groups in total. The van der Waals surface area contributed by atoms with Gasteiger partial charge in [-0.2, -0.15) is 5.26 Å². The van der Waals surface area contributed by atoms with E-state index in [-0.39, 0.29) is 35.0 Å². The molecule has 1 aromatic carbocycles. The number of nitriles is 1. The lowest BCUT2D eigenvalue weighted by Gasteiger charge is -2.45. The number of benzene rings is 1. The maximum Gasteiger partial charge on any atom is 0.199 e. The third kappa shape index (κ3) is 2.82. The molecule has 1 fully saturated rings. The zero-order valence-corrected chi connectivity index (χ0v) is 13.9. The number of ketones is 1. The van der Waals surface area contributed by atoms with Crippen LogP contribution >= 0.6 is 11.6 Å². The van der Waals surface area contributed by atoms with Gasteiger partial charge in [-0.15, -0.1) is 0 Å². The van der Waals surface area contributed by atoms with E-state index in [9.17, 15) is 10.1 Å². The first-order valence-electron chi connectivity index (χ1n) is 7.67. The number of carbonyl (C=O) groups is 1. The van der Waals surface area contributed by atoms with Crippen molar-refractivity contribution in [3.63, 3.8) is 0 Å². The molecule has 23 heavy (non-hydrogen) atoms. The minimum absolute atomic E-state index is 0.118. The normalized spacial score (nSPS) is 29.5. The second-order valence-electron chi connectivity index (χ2n) is 7.11. The lowest BCUT2D eigenvalue weighted by Crippen LogP contribution is -2.48. The van der Waals surface area contributed by atoms with E-state index >= 15 is 0 Å². The first-order valence-corrected chi connectivity index (χ1v) is 8.05. The van der Waals surface area contributed by atoms with Crippen LogP contribution in [0.4, 0.5) is 0 Å². The van der Waals surface area contributed by atoms with Crippen molar-refractivity contribution in [1.82, 2.24) is 0 Å². The zero-order valence-electron chi connectivity index (χ0n) is 13.2. The summed E-state index contributed by atoms with van der Waals surface area (Å²) in [5.41, 5.74) is 7.08. The van der Waals surface area contributed by atoms with Crippen LogP contribution in [0.25, 0.3) is 0 Å². The molecule has 0 bridgehead atoms. The predicted octanol–water partition coefficient (Wildman–Crippen LogP) is 3.52. The molecule has 0 amide bonds. The molecule has 120 valence electrons. The van der Waals surface area contributed by atoms with Crippen LogP contribution in [-0.4, -0.2) is 11.9 Å². The van der Waals surface area contributed by atoms with Crippen LogP contribution in [0.15, 0.2) is 35.7 Å². The Morgan fingerprint density at radius 3 is 2.61 bits per heavy atom. The molecule has 3 unspecified atom stereocenters. The Bertz CT molecular complexity index is 716. The molecule has 1 aliphatic carbocycles. The zero-order chi connectivity index (χ0) is 16.8. The Morgan fingerprint density at radius 1 is 1.35 bits per heavy atom. The molecule has 0 spiro atoms. The summed E-state index contributed by atoms with van der Waals surface area (Å²) in [6.07, 6.45) is 0.941. The molecule has 0 saturated heterocycles. The summed E-state index contributed by atoms with van der Waals surface area (Å²) < 4.78 is 5.76. The fraction of sp³-hybridized carbons (Fsp3) is 0.444. The highest BCUT2D eigenvalue weighted by Crippen LogP contribution is 2.48. The average Bonchev–Trinajstić information content (AvgIpc) is 2.45. The first kappa shape index (κ1) is 15.9. The average molecular weight is 331 g/mol. The fourth-order valence-corrected chi connectivity index (χ4v) is 3.91. The van der Waals surface area contributed by atoms with Gasteiger partial charge in [-0.05, 0) is 29.5 Å². The number of fused-ring (bicyclic) bond motifs is 1. The summed E-state index contributed by atoms with van der Waals surface area (Å²) in [5, 5.41) is 10.1. The molecule has 3 rings (SSSR count). The Kier molecular flexibility index (Phi) is 3.85. The van der Waals surface area contributed by atoms with E-state index in [1.807, 2.05) is 12.1 Å². The number of carbonyl (C=O) groups excluding carboxylic acids is 1. The van der Waals surface area contributed by atoms with Crippen molar-refractivity contribution in [1.29, 1.82) is 5.26 Å². The van der Waals surface area contributed by atoms with Crippen molar-refractivity contribution in [3.8, 4) is 6.07 Å². The second-order valence-corrected chi connectivity index (χ2v) is 7.55. The van der Waals surface area contributed by atoms with E-state index < -0.39 is 0 Å². The monoisotopic (exact) mass is 330 g/mol. The van der Waals surface area contributed by atoms with Crippen molar-refractivity contribution in [2.45, 2.75) is 38.7 Å². The lowest BCUT2D eigenvalue weighted by atomic mass is 9.63. The van der Waals surface area contributed by atoms with Crippen molar-refractivity contribution in [2.75, 3.05) is 0 Å². The van der Waals surface area contributed by atoms with Gasteiger partial charge in [-0.25, -0.2) is 0 Å². The summed E-state index contributed by atoms with van der Waals surface area (Å²) in [7, 11) is 0. The van der Waals surface area contributed by atoms with Gasteiger partial charge in [-0.1, -0.05) is 37.6 Å². The molecule has 1 heterocycles. The molecule has 1 aliphatic heterocycles. The van der Waals surface area contributed by atoms with Crippen LogP contribution in [0.1, 0.15) is 38.2 Å². The highest BCUT2D eigenvalue weighted by Gasteiger charge is 2.50. The molecule has 1 saturated carbocycles. The van der Waals surface area contributed by atoms with Crippen LogP contribution in [0.2, 0.25) is 5.02 Å². The van der Waals surface area contributed by atoms with Gasteiger partial charge in [0, 0.05) is 17.4 Å². The fourth-order valence-electron chi connectivity index (χ4n) is 3.78. The number of hydrogen-bond donors (Lipinski definition) is 1. The molecule has 0 radical (unpaired) electrons. The number of nitrogens with zero attached hydrogens (tertiary/aromatic N) is 1. The molecule has 4 nitrogen and oxygen atoms in total. The maximum absolute atomic E-state index is 12.8. The summed E-state index contributed by atoms with van der Waals surface area (Å²) >= 11 is 5.96. The standard InChI is InChI=1S/C18H19ClN2O2/c1-18(2)7-13(22)16-14(8-18)23-17(21)12(9-20)15(16)10-3-5-11(19)6-4-10/h3-6,14-16H,7-8,21H2,1-2H3. The number of halogens is 1. The van der Waals surface area contributed by atoms with Crippen LogP contribution in [0.5, 0.6) is 0 Å². The number of nitrogens with two attached hydrogens (primary N) is 1. The van der Waals surface area contributed by atoms with Gasteiger partial charge in [0.2, 0.25) is 0 Å². The predicted molar refractivity (Wildman–Crippen MR) is 87.4 cm³/mol. The van der Waals surface area contributed by atoms with E-state index in [2.05, 4.69) is 19.9 Å². The quantitative estimate of drug-likeness (QED) is 0.854. The van der Waals surface area contributed by atoms with Gasteiger partial charge >= 0.3 is 0 Å². The van der Waals surface area contributed by atoms with Crippen molar-refractivity contribution < 1.29 is 9.53 Å². The lowest BCUT2D eigenvalue weighted by molar-refractivity contribution is -0.138. The third-order valence-corrected chi connectivity index (χ3v) is 4.99. The smallest absolute Gasteiger partial charge is 0.199 e. The first-order chi connectivity index (χ1) is 10.8. The van der Waals surface area contributed by atoms with Crippen molar-refractivity contribution in [3.05, 3.63) is 46.3 Å². The molecular weight excluding hydrogens is 312 g/mol. The number of hydrogen-bond acceptors (Lipinski definition) is 4. The van der Waals surface area contributed by atoms with Gasteiger partial charge in [0.25, 0.3) is 0 Å². The van der Waals surface area contributed by atoms with E-state index in [0.29, 0.717) is 17.0 Å². The molecule has 5 heteroatoms. The molecule has 2 aliphatic rings. The number of allylic oxidation sites excluding steroid dienone is 1. The molecule has 1 aromatic rings. The summed E-state index contributed by atoms with van der Waals surface area (Å²) in [6.45, 7) is 4.11. The molecule has 3 atom stereocenters. The summed E-state index contributed by atoms with van der Waals surface area (Å²) in [4.78, 5) is 12.8. The van der Waals surface area contributed by atoms with Gasteiger partial charge in [-0.3, -0.25) is 4.79 Å². The SMILES string of the molecule is CC1(C)CC(=O)C2C(C1)OC(N)=C(C#N)C2c1ccc(Cl)cc1. The van der Waals surface area contributed by atoms with Crippen LogP contribution in [0.3, 0.4) is 0 Å². The summed E-state index contributed by atoms with van der Waals surface area (Å²) in [6, 6.07) is 9.38. The van der Waals surface area contributed by atoms with Crippen LogP contribution in [0, 0.1) is 22.7 Å². The topological polar surface area (TPSA) is 76.1 Å². The van der Waals surface area contributed by atoms with E-state index in [1.165, 1.54) is 0 Å². The second kappa shape index (κ2) is 5.58. The van der Waals surface area contributed by atoms with Gasteiger partial charge < -0.3 is 10.5 Å². The minimum atomic E-state index is -0.369. The Balaban J connectivity index is 2.10. The van der Waals surface area contributed by atoms with E-state index in [4.69, 9.17) is 22.1 Å². The Hall–Kier alpha value is -1.99. The van der Waals surface area contributed by atoms with Crippen molar-refractivity contribution in [2.24, 2.45) is 17.1 Å². The van der Waals surface area contributed by atoms with Crippen molar-refractivity contribution >= 4 is 17.4 Å². The Labute approximate surface area is 140 Å². The molecule has 0 aromatic heterocycles. The van der Waals surface area contributed by atoms with Crippen LogP contribution in [-0.2, 0) is 9.53 Å². The number of Topliss-reactive ketones (excluding diaryl/α,β-unsaturated/α-hetero) is 1. The summed E-state index contributed by atoms with van der Waals surface area (Å²) in [5.74, 6) is -0.462. The minimum Gasteiger partial charge on any atom is -0.474 e.